The van der Waals surface area contributed by atoms with E-state index < -0.39 is 0 Å². The van der Waals surface area contributed by atoms with Crippen molar-refractivity contribution in [2.45, 2.75) is 18.8 Å². The monoisotopic (exact) mass is 351 g/mol. The Hall–Kier alpha value is -2.73. The third kappa shape index (κ3) is 2.17. The van der Waals surface area contributed by atoms with Crippen molar-refractivity contribution in [2.75, 3.05) is 0 Å². The number of halogens is 1. The predicted octanol–water partition coefficient (Wildman–Crippen LogP) is 3.20. The minimum atomic E-state index is -0.201. The summed E-state index contributed by atoms with van der Waals surface area (Å²) >= 11 is 6.49. The first-order chi connectivity index (χ1) is 12.1. The van der Waals surface area contributed by atoms with E-state index in [1.54, 1.807) is 34.8 Å². The number of pyridine rings is 3. The van der Waals surface area contributed by atoms with Gasteiger partial charge in [0.15, 0.2) is 5.52 Å². The van der Waals surface area contributed by atoms with Crippen LogP contribution in [0.3, 0.4) is 0 Å². The molecule has 0 spiro atoms. The molecule has 25 heavy (non-hydrogen) atoms. The highest BCUT2D eigenvalue weighted by atomic mass is 35.5. The second kappa shape index (κ2) is 5.13. The summed E-state index contributed by atoms with van der Waals surface area (Å²) in [5.74, 6) is 0.388. The molecule has 0 aliphatic heterocycles. The van der Waals surface area contributed by atoms with Crippen molar-refractivity contribution in [1.29, 1.82) is 0 Å². The highest BCUT2D eigenvalue weighted by Gasteiger charge is 2.29. The molecule has 0 bridgehead atoms. The van der Waals surface area contributed by atoms with Gasteiger partial charge in [0, 0.05) is 36.1 Å². The van der Waals surface area contributed by atoms with Gasteiger partial charge in [0.05, 0.1) is 22.6 Å². The van der Waals surface area contributed by atoms with Gasteiger partial charge >= 0.3 is 0 Å². The van der Waals surface area contributed by atoms with Crippen LogP contribution in [-0.2, 0) is 7.05 Å². The Morgan fingerprint density at radius 2 is 2.12 bits per heavy atom. The topological polar surface area (TPSA) is 65.6 Å². The first-order valence-electron chi connectivity index (χ1n) is 8.12. The molecule has 0 N–H and O–H groups in total. The minimum Gasteiger partial charge on any atom is -0.274 e. The average Bonchev–Trinajstić information content (AvgIpc) is 3.37. The van der Waals surface area contributed by atoms with E-state index in [1.807, 2.05) is 18.3 Å². The van der Waals surface area contributed by atoms with E-state index in [-0.39, 0.29) is 5.56 Å². The maximum atomic E-state index is 13.1. The maximum Gasteiger partial charge on any atom is 0.285 e. The van der Waals surface area contributed by atoms with Gasteiger partial charge in [-0.05, 0) is 31.0 Å². The highest BCUT2D eigenvalue weighted by Crippen LogP contribution is 2.43. The molecular formula is C18H14ClN5O. The molecule has 1 aliphatic carbocycles. The third-order valence-corrected chi connectivity index (χ3v) is 4.89. The van der Waals surface area contributed by atoms with E-state index in [1.165, 1.54) is 0 Å². The molecule has 124 valence electrons. The number of nitrogens with zero attached hydrogens (tertiary/aromatic N) is 5. The molecular weight excluding hydrogens is 338 g/mol. The summed E-state index contributed by atoms with van der Waals surface area (Å²) < 4.78 is 3.22. The van der Waals surface area contributed by atoms with E-state index in [9.17, 15) is 4.79 Å². The summed E-state index contributed by atoms with van der Waals surface area (Å²) in [6, 6.07) is 5.55. The van der Waals surface area contributed by atoms with Gasteiger partial charge in [-0.2, -0.15) is 5.10 Å². The molecule has 0 saturated heterocycles. The van der Waals surface area contributed by atoms with Crippen molar-refractivity contribution in [1.82, 2.24) is 24.3 Å². The molecule has 7 heteroatoms. The highest BCUT2D eigenvalue weighted by molar-refractivity contribution is 6.32. The Morgan fingerprint density at radius 3 is 2.84 bits per heavy atom. The van der Waals surface area contributed by atoms with Gasteiger partial charge in [0.2, 0.25) is 0 Å². The first kappa shape index (κ1) is 14.6. The second-order valence-electron chi connectivity index (χ2n) is 6.42. The summed E-state index contributed by atoms with van der Waals surface area (Å²) in [5.41, 5.74) is 2.34. The molecule has 4 aromatic heterocycles. The number of hydrogen-bond donors (Lipinski definition) is 0. The lowest BCUT2D eigenvalue weighted by molar-refractivity contribution is 0.777. The molecule has 4 heterocycles. The number of fused-ring (bicyclic) bond motifs is 3. The third-order valence-electron chi connectivity index (χ3n) is 4.59. The Labute approximate surface area is 147 Å². The van der Waals surface area contributed by atoms with Gasteiger partial charge in [0.25, 0.3) is 5.56 Å². The van der Waals surface area contributed by atoms with Crippen molar-refractivity contribution in [3.05, 3.63) is 57.9 Å². The maximum absolute atomic E-state index is 13.1. The van der Waals surface area contributed by atoms with Gasteiger partial charge in [0.1, 0.15) is 5.65 Å². The molecule has 1 fully saturated rings. The van der Waals surface area contributed by atoms with Crippen LogP contribution in [0.15, 0.2) is 41.6 Å². The van der Waals surface area contributed by atoms with Crippen molar-refractivity contribution in [3.8, 4) is 5.69 Å². The van der Waals surface area contributed by atoms with Crippen LogP contribution < -0.4 is 5.56 Å². The zero-order chi connectivity index (χ0) is 17.1. The molecule has 6 nitrogen and oxygen atoms in total. The van der Waals surface area contributed by atoms with Gasteiger partial charge in [-0.1, -0.05) is 11.6 Å². The first-order valence-corrected chi connectivity index (χ1v) is 8.50. The molecule has 5 rings (SSSR count). The van der Waals surface area contributed by atoms with Crippen LogP contribution in [0.25, 0.3) is 27.6 Å². The van der Waals surface area contributed by atoms with Crippen molar-refractivity contribution in [3.63, 3.8) is 0 Å². The lowest BCUT2D eigenvalue weighted by Gasteiger charge is -2.12. The Kier molecular flexibility index (Phi) is 3.00. The molecule has 4 aromatic rings. The average molecular weight is 352 g/mol. The fourth-order valence-electron chi connectivity index (χ4n) is 3.28. The predicted molar refractivity (Wildman–Crippen MR) is 96.4 cm³/mol. The zero-order valence-corrected chi connectivity index (χ0v) is 14.2. The quantitative estimate of drug-likeness (QED) is 0.556. The van der Waals surface area contributed by atoms with Crippen molar-refractivity contribution >= 4 is 33.5 Å². The van der Waals surface area contributed by atoms with E-state index in [0.717, 1.165) is 29.3 Å². The van der Waals surface area contributed by atoms with Gasteiger partial charge in [-0.15, -0.1) is 0 Å². The fraction of sp³-hybridized carbons (Fsp3) is 0.222. The van der Waals surface area contributed by atoms with Gasteiger partial charge < -0.3 is 0 Å². The summed E-state index contributed by atoms with van der Waals surface area (Å²) in [7, 11) is 1.80. The van der Waals surface area contributed by atoms with Crippen LogP contribution in [0, 0.1) is 0 Å². The molecule has 1 aliphatic rings. The molecule has 0 unspecified atom stereocenters. The number of rotatable bonds is 2. The van der Waals surface area contributed by atoms with E-state index >= 15 is 0 Å². The number of hydrogen-bond acceptors (Lipinski definition) is 4. The summed E-state index contributed by atoms with van der Waals surface area (Å²) in [6.07, 6.45) is 7.34. The van der Waals surface area contributed by atoms with Crippen LogP contribution >= 0.6 is 11.6 Å². The standard InChI is InChI=1S/C18H14ClN5O/c1-23-9-13-12-7-14(19)15(10-4-5-10)21-17(12)24(18(25)16(13)22-23)11-3-2-6-20-8-11/h2-3,6-10H,4-5H2,1H3. The zero-order valence-electron chi connectivity index (χ0n) is 13.5. The smallest absolute Gasteiger partial charge is 0.274 e. The minimum absolute atomic E-state index is 0.201. The largest absolute Gasteiger partial charge is 0.285 e. The normalized spacial score (nSPS) is 14.5. The number of aryl methyl sites for hydroxylation is 1. The SMILES string of the molecule is Cn1cc2c(n1)c(=O)n(-c1cccnc1)c1nc(C3CC3)c(Cl)cc21. The Balaban J connectivity index is 1.99. The van der Waals surface area contributed by atoms with E-state index in [2.05, 4.69) is 10.1 Å². The van der Waals surface area contributed by atoms with Crippen LogP contribution in [0.1, 0.15) is 24.5 Å². The van der Waals surface area contributed by atoms with Crippen LogP contribution in [0.2, 0.25) is 5.02 Å². The number of aromatic nitrogens is 5. The van der Waals surface area contributed by atoms with Crippen molar-refractivity contribution < 1.29 is 0 Å². The van der Waals surface area contributed by atoms with Gasteiger partial charge in [-0.25, -0.2) is 4.98 Å². The van der Waals surface area contributed by atoms with Crippen LogP contribution in [0.4, 0.5) is 0 Å². The summed E-state index contributed by atoms with van der Waals surface area (Å²) in [5, 5.41) is 6.57. The fourth-order valence-corrected chi connectivity index (χ4v) is 3.58. The molecule has 0 radical (unpaired) electrons. The van der Waals surface area contributed by atoms with Crippen LogP contribution in [0.5, 0.6) is 0 Å². The lowest BCUT2D eigenvalue weighted by Crippen LogP contribution is -2.20. The van der Waals surface area contributed by atoms with Crippen LogP contribution in [-0.4, -0.2) is 24.3 Å². The molecule has 0 amide bonds. The Bertz CT molecular complexity index is 1190. The lowest BCUT2D eigenvalue weighted by atomic mass is 10.1. The molecule has 0 atom stereocenters. The molecule has 1 saturated carbocycles. The summed E-state index contributed by atoms with van der Waals surface area (Å²) in [6.45, 7) is 0. The van der Waals surface area contributed by atoms with E-state index in [0.29, 0.717) is 27.8 Å². The van der Waals surface area contributed by atoms with Crippen molar-refractivity contribution in [2.24, 2.45) is 7.05 Å². The van der Waals surface area contributed by atoms with Gasteiger partial charge in [-0.3, -0.25) is 19.0 Å². The second-order valence-corrected chi connectivity index (χ2v) is 6.82. The molecule has 0 aromatic carbocycles. The Morgan fingerprint density at radius 1 is 1.28 bits per heavy atom. The van der Waals surface area contributed by atoms with E-state index in [4.69, 9.17) is 16.6 Å². The summed E-state index contributed by atoms with van der Waals surface area (Å²) in [4.78, 5) is 22.1.